The van der Waals surface area contributed by atoms with Crippen molar-refractivity contribution < 1.29 is 24.0 Å². The van der Waals surface area contributed by atoms with Crippen LogP contribution in [0.5, 0.6) is 5.75 Å². The van der Waals surface area contributed by atoms with Crippen LogP contribution in [0.2, 0.25) is 0 Å². The monoisotopic (exact) mass is 358 g/mol. The van der Waals surface area contributed by atoms with E-state index in [2.05, 4.69) is 5.32 Å². The molecule has 0 saturated heterocycles. The van der Waals surface area contributed by atoms with E-state index in [-0.39, 0.29) is 17.0 Å². The molecule has 0 unspecified atom stereocenters. The van der Waals surface area contributed by atoms with E-state index in [1.807, 2.05) is 19.1 Å². The lowest BCUT2D eigenvalue weighted by Crippen LogP contribution is -2.21. The van der Waals surface area contributed by atoms with Gasteiger partial charge < -0.3 is 14.8 Å². The zero-order chi connectivity index (χ0) is 19.1. The third kappa shape index (κ3) is 4.56. The Hall–Kier alpha value is -3.42. The highest BCUT2D eigenvalue weighted by molar-refractivity contribution is 5.97. The van der Waals surface area contributed by atoms with Crippen LogP contribution in [0, 0.1) is 10.1 Å². The summed E-state index contributed by atoms with van der Waals surface area (Å²) in [5.41, 5.74) is 1.19. The number of benzene rings is 2. The number of carbonyl (C=O) groups is 2. The second kappa shape index (κ2) is 8.61. The third-order valence-corrected chi connectivity index (χ3v) is 3.62. The predicted molar refractivity (Wildman–Crippen MR) is 94.4 cm³/mol. The molecule has 0 atom stereocenters. The molecule has 0 radical (unpaired) electrons. The van der Waals surface area contributed by atoms with Crippen molar-refractivity contribution in [3.05, 3.63) is 63.7 Å². The molecule has 1 amide bonds. The van der Waals surface area contributed by atoms with E-state index in [4.69, 9.17) is 9.47 Å². The van der Waals surface area contributed by atoms with Crippen molar-refractivity contribution in [2.24, 2.45) is 0 Å². The maximum atomic E-state index is 12.2. The van der Waals surface area contributed by atoms with Gasteiger partial charge in [-0.15, -0.1) is 0 Å². The Kier molecular flexibility index (Phi) is 6.26. The normalized spacial score (nSPS) is 10.1. The highest BCUT2D eigenvalue weighted by Crippen LogP contribution is 2.24. The van der Waals surface area contributed by atoms with Crippen molar-refractivity contribution in [3.8, 4) is 5.75 Å². The zero-order valence-electron chi connectivity index (χ0n) is 14.4. The van der Waals surface area contributed by atoms with Gasteiger partial charge in [0.05, 0.1) is 12.0 Å². The molecule has 0 saturated carbocycles. The number of para-hydroxylation sites is 1. The van der Waals surface area contributed by atoms with Crippen LogP contribution >= 0.6 is 0 Å². The maximum Gasteiger partial charge on any atom is 0.342 e. The van der Waals surface area contributed by atoms with Crippen LogP contribution in [-0.2, 0) is 16.0 Å². The number of aryl methyl sites for hydroxylation is 1. The summed E-state index contributed by atoms with van der Waals surface area (Å²) in [5, 5.41) is 13.5. The van der Waals surface area contributed by atoms with E-state index in [0.717, 1.165) is 18.1 Å². The summed E-state index contributed by atoms with van der Waals surface area (Å²) < 4.78 is 9.97. The van der Waals surface area contributed by atoms with Gasteiger partial charge in [-0.2, -0.15) is 0 Å². The fourth-order valence-corrected chi connectivity index (χ4v) is 2.31. The minimum Gasteiger partial charge on any atom is -0.496 e. The molecule has 2 aromatic rings. The molecule has 26 heavy (non-hydrogen) atoms. The number of nitro groups is 1. The van der Waals surface area contributed by atoms with Gasteiger partial charge in [0.15, 0.2) is 6.61 Å². The highest BCUT2D eigenvalue weighted by atomic mass is 16.6. The summed E-state index contributed by atoms with van der Waals surface area (Å²) in [6, 6.07) is 10.8. The Morgan fingerprint density at radius 1 is 1.19 bits per heavy atom. The first kappa shape index (κ1) is 18.9. The fraction of sp³-hybridized carbons (Fsp3) is 0.222. The van der Waals surface area contributed by atoms with Crippen molar-refractivity contribution in [1.82, 2.24) is 0 Å². The summed E-state index contributed by atoms with van der Waals surface area (Å²) in [4.78, 5) is 34.4. The molecular formula is C18H18N2O6. The molecule has 0 bridgehead atoms. The largest absolute Gasteiger partial charge is 0.496 e. The Morgan fingerprint density at radius 2 is 1.92 bits per heavy atom. The number of hydrogen-bond donors (Lipinski definition) is 1. The van der Waals surface area contributed by atoms with Gasteiger partial charge >= 0.3 is 5.97 Å². The number of esters is 1. The third-order valence-electron chi connectivity index (χ3n) is 3.62. The number of nitrogens with one attached hydrogen (secondary N) is 1. The highest BCUT2D eigenvalue weighted by Gasteiger charge is 2.19. The van der Waals surface area contributed by atoms with E-state index < -0.39 is 23.4 Å². The molecule has 1 N–H and O–H groups in total. The molecule has 2 rings (SSSR count). The topological polar surface area (TPSA) is 108 Å². The summed E-state index contributed by atoms with van der Waals surface area (Å²) in [6.07, 6.45) is 0.737. The van der Waals surface area contributed by atoms with Crippen LogP contribution in [0.3, 0.4) is 0 Å². The lowest BCUT2D eigenvalue weighted by atomic mass is 10.1. The number of anilines is 1. The molecule has 136 valence electrons. The van der Waals surface area contributed by atoms with Gasteiger partial charge in [-0.1, -0.05) is 25.1 Å². The molecule has 0 aliphatic carbocycles. The SMILES string of the molecule is CCc1ccccc1NC(=O)COC(=O)c1cc([N+](=O)[O-])ccc1OC. The van der Waals surface area contributed by atoms with Crippen LogP contribution in [0.25, 0.3) is 0 Å². The van der Waals surface area contributed by atoms with Crippen molar-refractivity contribution in [1.29, 1.82) is 0 Å². The van der Waals surface area contributed by atoms with Gasteiger partial charge in [0.2, 0.25) is 0 Å². The summed E-state index contributed by atoms with van der Waals surface area (Å²) in [6.45, 7) is 1.43. The van der Waals surface area contributed by atoms with Crippen LogP contribution in [0.4, 0.5) is 11.4 Å². The average Bonchev–Trinajstić information content (AvgIpc) is 2.65. The Labute approximate surface area is 149 Å². The number of nitrogens with zero attached hydrogens (tertiary/aromatic N) is 1. The summed E-state index contributed by atoms with van der Waals surface area (Å²) in [7, 11) is 1.33. The molecule has 8 heteroatoms. The van der Waals surface area contributed by atoms with Gasteiger partial charge in [-0.05, 0) is 24.1 Å². The van der Waals surface area contributed by atoms with Crippen molar-refractivity contribution in [3.63, 3.8) is 0 Å². The van der Waals surface area contributed by atoms with Gasteiger partial charge in [0, 0.05) is 17.8 Å². The Bertz CT molecular complexity index is 834. The quantitative estimate of drug-likeness (QED) is 0.463. The van der Waals surface area contributed by atoms with Gasteiger partial charge in [-0.3, -0.25) is 14.9 Å². The number of amides is 1. The smallest absolute Gasteiger partial charge is 0.342 e. The zero-order valence-corrected chi connectivity index (χ0v) is 14.4. The Balaban J connectivity index is 2.05. The van der Waals surface area contributed by atoms with Crippen LogP contribution in [-0.4, -0.2) is 30.5 Å². The Morgan fingerprint density at radius 3 is 2.58 bits per heavy atom. The first-order chi connectivity index (χ1) is 12.5. The molecule has 0 aliphatic heterocycles. The van der Waals surface area contributed by atoms with Crippen LogP contribution in [0.1, 0.15) is 22.8 Å². The van der Waals surface area contributed by atoms with Crippen molar-refractivity contribution in [2.45, 2.75) is 13.3 Å². The van der Waals surface area contributed by atoms with E-state index >= 15 is 0 Å². The fourth-order valence-electron chi connectivity index (χ4n) is 2.31. The van der Waals surface area contributed by atoms with E-state index in [1.54, 1.807) is 12.1 Å². The van der Waals surface area contributed by atoms with E-state index in [9.17, 15) is 19.7 Å². The minimum absolute atomic E-state index is 0.122. The molecular weight excluding hydrogens is 340 g/mol. The number of methoxy groups -OCH3 is 1. The number of rotatable bonds is 7. The lowest BCUT2D eigenvalue weighted by Gasteiger charge is -2.11. The van der Waals surface area contributed by atoms with Gasteiger partial charge in [0.1, 0.15) is 11.3 Å². The number of non-ortho nitro benzene ring substituents is 1. The number of nitro benzene ring substituents is 1. The molecule has 2 aromatic carbocycles. The van der Waals surface area contributed by atoms with E-state index in [0.29, 0.717) is 5.69 Å². The number of carbonyl (C=O) groups excluding carboxylic acids is 2. The molecule has 0 aliphatic rings. The molecule has 0 heterocycles. The van der Waals surface area contributed by atoms with Gasteiger partial charge in [0.25, 0.3) is 11.6 Å². The molecule has 0 aromatic heterocycles. The number of ether oxygens (including phenoxy) is 2. The second-order valence-corrected chi connectivity index (χ2v) is 5.28. The first-order valence-corrected chi connectivity index (χ1v) is 7.83. The van der Waals surface area contributed by atoms with E-state index in [1.165, 1.54) is 19.2 Å². The van der Waals surface area contributed by atoms with Crippen molar-refractivity contribution >= 4 is 23.3 Å². The number of hydrogen-bond acceptors (Lipinski definition) is 6. The summed E-state index contributed by atoms with van der Waals surface area (Å²) >= 11 is 0. The lowest BCUT2D eigenvalue weighted by molar-refractivity contribution is -0.384. The first-order valence-electron chi connectivity index (χ1n) is 7.83. The summed E-state index contributed by atoms with van der Waals surface area (Å²) in [5.74, 6) is -1.27. The second-order valence-electron chi connectivity index (χ2n) is 5.28. The molecule has 0 spiro atoms. The van der Waals surface area contributed by atoms with Crippen LogP contribution in [0.15, 0.2) is 42.5 Å². The predicted octanol–water partition coefficient (Wildman–Crippen LogP) is 2.96. The standard InChI is InChI=1S/C18H18N2O6/c1-3-12-6-4-5-7-15(12)19-17(21)11-26-18(22)14-10-13(20(23)24)8-9-16(14)25-2/h4-10H,3,11H2,1-2H3,(H,19,21). The maximum absolute atomic E-state index is 12.2. The molecule has 8 nitrogen and oxygen atoms in total. The average molecular weight is 358 g/mol. The van der Waals surface area contributed by atoms with Crippen molar-refractivity contribution in [2.75, 3.05) is 19.0 Å². The molecule has 0 fully saturated rings. The minimum atomic E-state index is -0.885. The van der Waals surface area contributed by atoms with Gasteiger partial charge in [-0.25, -0.2) is 4.79 Å². The van der Waals surface area contributed by atoms with Crippen LogP contribution < -0.4 is 10.1 Å².